The van der Waals surface area contributed by atoms with E-state index in [1.165, 1.54) is 29.2 Å². The summed E-state index contributed by atoms with van der Waals surface area (Å²) in [5, 5.41) is 3.31. The minimum Gasteiger partial charge on any atom is -0.354 e. The van der Waals surface area contributed by atoms with Gasteiger partial charge in [-0.2, -0.15) is 0 Å². The third-order valence-corrected chi connectivity index (χ3v) is 9.04. The minimum absolute atomic E-state index is 0.0149. The van der Waals surface area contributed by atoms with Gasteiger partial charge < -0.3 is 10.2 Å². The van der Waals surface area contributed by atoms with E-state index in [1.54, 1.807) is 12.1 Å². The number of carbonyl (C=O) groups excluding carboxylic acids is 2. The van der Waals surface area contributed by atoms with E-state index in [-0.39, 0.29) is 17.3 Å². The van der Waals surface area contributed by atoms with Crippen LogP contribution in [0, 0.1) is 20.8 Å². The van der Waals surface area contributed by atoms with E-state index >= 15 is 0 Å². The molecule has 2 amide bonds. The second-order valence-electron chi connectivity index (χ2n) is 9.90. The summed E-state index contributed by atoms with van der Waals surface area (Å²) >= 11 is 6.02. The second-order valence-corrected chi connectivity index (χ2v) is 12.2. The van der Waals surface area contributed by atoms with Gasteiger partial charge in [-0.15, -0.1) is 0 Å². The maximum atomic E-state index is 14.1. The van der Waals surface area contributed by atoms with Gasteiger partial charge in [0.25, 0.3) is 10.0 Å². The summed E-state index contributed by atoms with van der Waals surface area (Å²) in [4.78, 5) is 28.8. The van der Waals surface area contributed by atoms with Crippen LogP contribution in [0.2, 0.25) is 5.02 Å². The Morgan fingerprint density at radius 1 is 0.900 bits per heavy atom. The van der Waals surface area contributed by atoms with Crippen LogP contribution in [0.4, 0.5) is 5.69 Å². The van der Waals surface area contributed by atoms with E-state index < -0.39 is 28.5 Å². The van der Waals surface area contributed by atoms with Crippen LogP contribution in [0.25, 0.3) is 0 Å². The fourth-order valence-corrected chi connectivity index (χ4v) is 5.93. The zero-order valence-corrected chi connectivity index (χ0v) is 25.3. The molecule has 0 aliphatic carbocycles. The summed E-state index contributed by atoms with van der Waals surface area (Å²) in [5.74, 6) is -0.734. The van der Waals surface area contributed by atoms with Crippen molar-refractivity contribution in [2.75, 3.05) is 17.4 Å². The third kappa shape index (κ3) is 7.43. The first-order valence-corrected chi connectivity index (χ1v) is 15.3. The lowest BCUT2D eigenvalue weighted by Gasteiger charge is -2.33. The van der Waals surface area contributed by atoms with Gasteiger partial charge >= 0.3 is 0 Å². The van der Waals surface area contributed by atoms with Crippen LogP contribution < -0.4 is 9.62 Å². The van der Waals surface area contributed by atoms with Crippen LogP contribution >= 0.6 is 11.6 Å². The van der Waals surface area contributed by atoms with Crippen molar-refractivity contribution >= 4 is 39.1 Å². The number of sulfonamides is 1. The Kier molecular flexibility index (Phi) is 10.8. The van der Waals surface area contributed by atoms with Gasteiger partial charge in [-0.1, -0.05) is 55.8 Å². The summed E-state index contributed by atoms with van der Waals surface area (Å²) in [6.45, 7) is 9.77. The molecule has 0 radical (unpaired) electrons. The molecule has 7 nitrogen and oxygen atoms in total. The lowest BCUT2D eigenvalue weighted by atomic mass is 10.1. The number of carbonyl (C=O) groups is 2. The Balaban J connectivity index is 2.09. The predicted octanol–water partition coefficient (Wildman–Crippen LogP) is 5.79. The van der Waals surface area contributed by atoms with Crippen LogP contribution in [0.3, 0.4) is 0 Å². The highest BCUT2D eigenvalue weighted by atomic mass is 35.5. The van der Waals surface area contributed by atoms with Crippen LogP contribution in [0.15, 0.2) is 71.6 Å². The fourth-order valence-electron chi connectivity index (χ4n) is 4.40. The van der Waals surface area contributed by atoms with Gasteiger partial charge in [-0.25, -0.2) is 8.42 Å². The zero-order valence-electron chi connectivity index (χ0n) is 23.8. The summed E-state index contributed by atoms with van der Waals surface area (Å²) in [7, 11) is -4.15. The van der Waals surface area contributed by atoms with Crippen molar-refractivity contribution < 1.29 is 18.0 Å². The summed E-state index contributed by atoms with van der Waals surface area (Å²) in [6.07, 6.45) is 1.13. The summed E-state index contributed by atoms with van der Waals surface area (Å²) in [5.41, 5.74) is 4.12. The van der Waals surface area contributed by atoms with Crippen LogP contribution in [-0.4, -0.2) is 44.3 Å². The maximum Gasteiger partial charge on any atom is 0.264 e. The molecule has 0 aliphatic heterocycles. The Hall–Kier alpha value is -3.36. The van der Waals surface area contributed by atoms with Crippen molar-refractivity contribution in [2.24, 2.45) is 0 Å². The lowest BCUT2D eigenvalue weighted by Crippen LogP contribution is -2.52. The molecule has 3 aromatic carbocycles. The van der Waals surface area contributed by atoms with E-state index in [9.17, 15) is 18.0 Å². The molecule has 0 saturated heterocycles. The molecule has 9 heteroatoms. The van der Waals surface area contributed by atoms with Gasteiger partial charge in [-0.3, -0.25) is 13.9 Å². The molecule has 214 valence electrons. The number of anilines is 1. The average Bonchev–Trinajstić information content (AvgIpc) is 2.93. The molecular weight excluding hydrogens is 546 g/mol. The van der Waals surface area contributed by atoms with Crippen LogP contribution in [0.1, 0.15) is 48.9 Å². The number of halogens is 1. The molecule has 0 aromatic heterocycles. The number of aryl methyl sites for hydroxylation is 3. The molecule has 40 heavy (non-hydrogen) atoms. The Morgan fingerprint density at radius 2 is 1.57 bits per heavy atom. The first-order valence-electron chi connectivity index (χ1n) is 13.5. The number of benzene rings is 3. The molecule has 0 bridgehead atoms. The molecule has 3 aromatic rings. The SMILES string of the molecule is CCCNC(=O)C(CC)N(Cc1ccccc1C)C(=O)CN(c1ccc(C)c(C)c1)S(=O)(=O)c1ccc(Cl)cc1. The number of rotatable bonds is 12. The van der Waals surface area contributed by atoms with Gasteiger partial charge in [-0.05, 0) is 92.3 Å². The number of nitrogens with zero attached hydrogens (tertiary/aromatic N) is 2. The monoisotopic (exact) mass is 583 g/mol. The lowest BCUT2D eigenvalue weighted by molar-refractivity contribution is -0.140. The highest BCUT2D eigenvalue weighted by molar-refractivity contribution is 7.92. The van der Waals surface area contributed by atoms with Crippen molar-refractivity contribution in [1.82, 2.24) is 10.2 Å². The van der Waals surface area contributed by atoms with Crippen molar-refractivity contribution in [1.29, 1.82) is 0 Å². The maximum absolute atomic E-state index is 14.1. The minimum atomic E-state index is -4.15. The molecule has 0 aliphatic rings. The highest BCUT2D eigenvalue weighted by Crippen LogP contribution is 2.27. The second kappa shape index (κ2) is 13.8. The number of hydrogen-bond donors (Lipinski definition) is 1. The Bertz CT molecular complexity index is 1440. The van der Waals surface area contributed by atoms with Crippen LogP contribution in [0.5, 0.6) is 0 Å². The molecule has 1 atom stereocenters. The van der Waals surface area contributed by atoms with Gasteiger partial charge in [0, 0.05) is 18.1 Å². The van der Waals surface area contributed by atoms with E-state index in [4.69, 9.17) is 11.6 Å². The topological polar surface area (TPSA) is 86.8 Å². The van der Waals surface area contributed by atoms with Crippen molar-refractivity contribution in [3.8, 4) is 0 Å². The van der Waals surface area contributed by atoms with Gasteiger partial charge in [0.15, 0.2) is 0 Å². The zero-order chi connectivity index (χ0) is 29.4. The van der Waals surface area contributed by atoms with E-state index in [0.717, 1.165) is 33.0 Å². The molecule has 1 N–H and O–H groups in total. The van der Waals surface area contributed by atoms with Crippen molar-refractivity contribution in [3.63, 3.8) is 0 Å². The van der Waals surface area contributed by atoms with Crippen molar-refractivity contribution in [3.05, 3.63) is 94.0 Å². The number of amides is 2. The first kappa shape index (κ1) is 31.2. The number of nitrogens with one attached hydrogen (secondary N) is 1. The average molecular weight is 584 g/mol. The molecule has 0 fully saturated rings. The van der Waals surface area contributed by atoms with Gasteiger partial charge in [0.1, 0.15) is 12.6 Å². The molecule has 1 unspecified atom stereocenters. The first-order chi connectivity index (χ1) is 19.0. The largest absolute Gasteiger partial charge is 0.354 e. The Morgan fingerprint density at radius 3 is 2.17 bits per heavy atom. The smallest absolute Gasteiger partial charge is 0.264 e. The van der Waals surface area contributed by atoms with E-state index in [1.807, 2.05) is 65.0 Å². The van der Waals surface area contributed by atoms with E-state index in [2.05, 4.69) is 5.32 Å². The van der Waals surface area contributed by atoms with Gasteiger partial charge in [0.2, 0.25) is 11.8 Å². The summed E-state index contributed by atoms with van der Waals surface area (Å²) < 4.78 is 29.0. The third-order valence-electron chi connectivity index (χ3n) is 7.00. The molecular formula is C31H38ClN3O4S. The summed E-state index contributed by atoms with van der Waals surface area (Å²) in [6, 6.07) is 18.0. The molecule has 0 saturated carbocycles. The highest BCUT2D eigenvalue weighted by Gasteiger charge is 2.33. The van der Waals surface area contributed by atoms with Crippen LogP contribution in [-0.2, 0) is 26.2 Å². The van der Waals surface area contributed by atoms with E-state index in [0.29, 0.717) is 23.7 Å². The van der Waals surface area contributed by atoms with Crippen molar-refractivity contribution in [2.45, 2.75) is 64.9 Å². The molecule has 3 rings (SSSR count). The Labute approximate surface area is 243 Å². The standard InChI is InChI=1S/C31H38ClN3O4S/c1-6-18-33-31(37)29(7-2)34(20-25-11-9-8-10-23(25)4)30(36)21-35(27-15-12-22(3)24(5)19-27)40(38,39)28-16-13-26(32)14-17-28/h8-17,19,29H,6-7,18,20-21H2,1-5H3,(H,33,37). The fraction of sp³-hybridized carbons (Fsp3) is 0.355. The number of hydrogen-bond acceptors (Lipinski definition) is 4. The van der Waals surface area contributed by atoms with Gasteiger partial charge in [0.05, 0.1) is 10.6 Å². The molecule has 0 heterocycles. The normalized spacial score (nSPS) is 12.1. The molecule has 0 spiro atoms. The predicted molar refractivity (Wildman–Crippen MR) is 161 cm³/mol. The quantitative estimate of drug-likeness (QED) is 0.292.